The molecule has 4 nitrogen and oxygen atoms in total. The molecule has 4 aromatic rings. The van der Waals surface area contributed by atoms with E-state index in [-0.39, 0.29) is 11.4 Å². The highest BCUT2D eigenvalue weighted by Gasteiger charge is 2.16. The van der Waals surface area contributed by atoms with Crippen LogP contribution in [-0.2, 0) is 6.42 Å². The lowest BCUT2D eigenvalue weighted by Gasteiger charge is -2.05. The first-order valence-electron chi connectivity index (χ1n) is 8.46. The Kier molecular flexibility index (Phi) is 4.49. The van der Waals surface area contributed by atoms with Crippen molar-refractivity contribution in [2.45, 2.75) is 13.3 Å². The molecule has 1 N–H and O–H groups in total. The number of methoxy groups -OCH3 is 1. The van der Waals surface area contributed by atoms with E-state index < -0.39 is 0 Å². The molecule has 0 saturated carbocycles. The maximum atomic E-state index is 13.2. The highest BCUT2D eigenvalue weighted by atomic mass is 32.1. The average molecular weight is 380 g/mol. The predicted octanol–water partition coefficient (Wildman–Crippen LogP) is 4.70. The third kappa shape index (κ3) is 3.36. The summed E-state index contributed by atoms with van der Waals surface area (Å²) in [7, 11) is 1.62. The van der Waals surface area contributed by atoms with Gasteiger partial charge in [-0.25, -0.2) is 9.37 Å². The number of hydrogen-bond donors (Lipinski definition) is 1. The van der Waals surface area contributed by atoms with Gasteiger partial charge in [0.05, 0.1) is 12.5 Å². The van der Waals surface area contributed by atoms with Crippen LogP contribution in [0.25, 0.3) is 21.3 Å². The van der Waals surface area contributed by atoms with Gasteiger partial charge in [0, 0.05) is 16.9 Å². The number of aryl methyl sites for hydroxylation is 1. The number of rotatable bonds is 4. The summed E-state index contributed by atoms with van der Waals surface area (Å²) in [6, 6.07) is 13.8. The van der Waals surface area contributed by atoms with Gasteiger partial charge in [-0.15, -0.1) is 11.3 Å². The van der Waals surface area contributed by atoms with Gasteiger partial charge in [-0.2, -0.15) is 0 Å². The molecular weight excluding hydrogens is 363 g/mol. The summed E-state index contributed by atoms with van der Waals surface area (Å²) in [6.07, 6.45) is 0.526. The molecule has 0 amide bonds. The minimum Gasteiger partial charge on any atom is -0.497 e. The number of benzene rings is 2. The zero-order chi connectivity index (χ0) is 19.0. The van der Waals surface area contributed by atoms with E-state index in [1.165, 1.54) is 23.5 Å². The Labute approximate surface area is 159 Å². The number of aromatic amines is 1. The topological polar surface area (TPSA) is 55.0 Å². The first-order valence-corrected chi connectivity index (χ1v) is 9.28. The molecule has 2 heterocycles. The fourth-order valence-corrected chi connectivity index (χ4v) is 4.21. The minimum absolute atomic E-state index is 0.174. The highest BCUT2D eigenvalue weighted by molar-refractivity contribution is 7.19. The Morgan fingerprint density at radius 2 is 1.81 bits per heavy atom. The van der Waals surface area contributed by atoms with Gasteiger partial charge < -0.3 is 9.72 Å². The van der Waals surface area contributed by atoms with E-state index >= 15 is 0 Å². The van der Waals surface area contributed by atoms with Crippen molar-refractivity contribution in [3.05, 3.63) is 81.0 Å². The summed E-state index contributed by atoms with van der Waals surface area (Å²) in [5.41, 5.74) is 2.49. The summed E-state index contributed by atoms with van der Waals surface area (Å²) in [4.78, 5) is 22.0. The van der Waals surface area contributed by atoms with Crippen LogP contribution in [0.15, 0.2) is 53.3 Å². The van der Waals surface area contributed by atoms with Gasteiger partial charge in [0.25, 0.3) is 5.56 Å². The first kappa shape index (κ1) is 17.4. The van der Waals surface area contributed by atoms with Crippen LogP contribution in [0.2, 0.25) is 0 Å². The van der Waals surface area contributed by atoms with Gasteiger partial charge in [0.1, 0.15) is 22.2 Å². The van der Waals surface area contributed by atoms with Crippen LogP contribution in [0, 0.1) is 12.7 Å². The van der Waals surface area contributed by atoms with Crippen molar-refractivity contribution in [1.82, 2.24) is 9.97 Å². The Morgan fingerprint density at radius 3 is 2.48 bits per heavy atom. The summed E-state index contributed by atoms with van der Waals surface area (Å²) in [5, 5.41) is 0.558. The molecule has 0 spiro atoms. The smallest absolute Gasteiger partial charge is 0.260 e. The van der Waals surface area contributed by atoms with Crippen molar-refractivity contribution in [3.63, 3.8) is 0 Å². The van der Waals surface area contributed by atoms with Crippen LogP contribution >= 0.6 is 11.3 Å². The maximum Gasteiger partial charge on any atom is 0.260 e. The van der Waals surface area contributed by atoms with E-state index in [1.54, 1.807) is 19.2 Å². The summed E-state index contributed by atoms with van der Waals surface area (Å²) in [5.74, 6) is 1.10. The van der Waals surface area contributed by atoms with Crippen LogP contribution in [0.1, 0.15) is 16.3 Å². The Hall–Kier alpha value is -2.99. The number of nitrogens with one attached hydrogen (secondary N) is 1. The van der Waals surface area contributed by atoms with Gasteiger partial charge in [-0.1, -0.05) is 24.3 Å². The van der Waals surface area contributed by atoms with Gasteiger partial charge in [-0.3, -0.25) is 4.79 Å². The number of ether oxygens (including phenoxy) is 1. The molecular formula is C21H17FN2O2S. The largest absolute Gasteiger partial charge is 0.497 e. The molecule has 0 fully saturated rings. The molecule has 0 unspecified atom stereocenters. The number of nitrogens with zero attached hydrogens (tertiary/aromatic N) is 1. The van der Waals surface area contributed by atoms with Crippen molar-refractivity contribution in [2.75, 3.05) is 7.11 Å². The van der Waals surface area contributed by atoms with E-state index in [0.29, 0.717) is 22.5 Å². The second kappa shape index (κ2) is 6.96. The highest BCUT2D eigenvalue weighted by Crippen LogP contribution is 2.35. The molecule has 0 radical (unpaired) electrons. The van der Waals surface area contributed by atoms with Crippen LogP contribution in [0.3, 0.4) is 0 Å². The quantitative estimate of drug-likeness (QED) is 0.558. The van der Waals surface area contributed by atoms with E-state index in [1.807, 2.05) is 31.2 Å². The normalized spacial score (nSPS) is 11.1. The molecule has 2 aromatic carbocycles. The number of thiophene rings is 1. The number of halogens is 1. The molecule has 27 heavy (non-hydrogen) atoms. The van der Waals surface area contributed by atoms with Crippen LogP contribution in [0.4, 0.5) is 4.39 Å². The summed E-state index contributed by atoms with van der Waals surface area (Å²) in [6.45, 7) is 1.95. The van der Waals surface area contributed by atoms with Crippen LogP contribution in [0.5, 0.6) is 5.75 Å². The van der Waals surface area contributed by atoms with E-state index in [9.17, 15) is 9.18 Å². The van der Waals surface area contributed by atoms with Crippen molar-refractivity contribution >= 4 is 21.6 Å². The van der Waals surface area contributed by atoms with Gasteiger partial charge in [0.15, 0.2) is 0 Å². The number of H-pyrrole nitrogens is 1. The lowest BCUT2D eigenvalue weighted by molar-refractivity contribution is 0.414. The zero-order valence-corrected chi connectivity index (χ0v) is 15.7. The summed E-state index contributed by atoms with van der Waals surface area (Å²) < 4.78 is 18.4. The van der Waals surface area contributed by atoms with Crippen molar-refractivity contribution < 1.29 is 9.13 Å². The third-order valence-electron chi connectivity index (χ3n) is 4.45. The van der Waals surface area contributed by atoms with Gasteiger partial charge in [-0.05, 0) is 42.3 Å². The first-order chi connectivity index (χ1) is 13.0. The maximum absolute atomic E-state index is 13.2. The number of fused-ring (bicyclic) bond motifs is 1. The Bertz CT molecular complexity index is 1160. The fraction of sp³-hybridized carbons (Fsp3) is 0.143. The molecule has 0 aliphatic heterocycles. The minimum atomic E-state index is -0.301. The fourth-order valence-electron chi connectivity index (χ4n) is 3.15. The molecule has 136 valence electrons. The standard InChI is InChI=1S/C21H17FN2O2S/c1-12-18(14-5-7-15(22)8-6-14)19-20(25)23-17(24-21(19)27-12)11-13-3-9-16(26-2)10-4-13/h3-10H,11H2,1-2H3,(H,23,24,25). The summed E-state index contributed by atoms with van der Waals surface area (Å²) >= 11 is 1.48. The molecule has 6 heteroatoms. The SMILES string of the molecule is COc1ccc(Cc2nc3sc(C)c(-c4ccc(F)cc4)c3c(=O)[nH]2)cc1. The van der Waals surface area contributed by atoms with E-state index in [0.717, 1.165) is 27.3 Å². The second-order valence-corrected chi connectivity index (χ2v) is 7.46. The average Bonchev–Trinajstić information content (AvgIpc) is 2.99. The van der Waals surface area contributed by atoms with Crippen molar-refractivity contribution in [1.29, 1.82) is 0 Å². The Balaban J connectivity index is 1.76. The van der Waals surface area contributed by atoms with Crippen LogP contribution < -0.4 is 10.3 Å². The molecule has 0 bridgehead atoms. The number of aromatic nitrogens is 2. The zero-order valence-electron chi connectivity index (χ0n) is 14.9. The second-order valence-electron chi connectivity index (χ2n) is 6.26. The van der Waals surface area contributed by atoms with Gasteiger partial charge >= 0.3 is 0 Å². The van der Waals surface area contributed by atoms with E-state index in [2.05, 4.69) is 9.97 Å². The predicted molar refractivity (Wildman–Crippen MR) is 106 cm³/mol. The molecule has 0 saturated heterocycles. The molecule has 0 aliphatic rings. The number of hydrogen-bond acceptors (Lipinski definition) is 4. The molecule has 4 rings (SSSR count). The Morgan fingerprint density at radius 1 is 1.11 bits per heavy atom. The van der Waals surface area contributed by atoms with E-state index in [4.69, 9.17) is 4.74 Å². The van der Waals surface area contributed by atoms with Gasteiger partial charge in [0.2, 0.25) is 0 Å². The molecule has 0 aliphatic carbocycles. The third-order valence-corrected chi connectivity index (χ3v) is 5.45. The molecule has 2 aromatic heterocycles. The van der Waals surface area contributed by atoms with Crippen LogP contribution in [-0.4, -0.2) is 17.1 Å². The monoisotopic (exact) mass is 380 g/mol. The molecule has 0 atom stereocenters. The lowest BCUT2D eigenvalue weighted by atomic mass is 10.0. The lowest BCUT2D eigenvalue weighted by Crippen LogP contribution is -2.11. The van der Waals surface area contributed by atoms with Crippen molar-refractivity contribution in [2.24, 2.45) is 0 Å². The van der Waals surface area contributed by atoms with Crippen molar-refractivity contribution in [3.8, 4) is 16.9 Å².